The highest BCUT2D eigenvalue weighted by Gasteiger charge is 2.21. The molecule has 0 bridgehead atoms. The van der Waals surface area contributed by atoms with E-state index in [0.29, 0.717) is 5.56 Å². The number of hydrogen-bond donors (Lipinski definition) is 1. The van der Waals surface area contributed by atoms with Gasteiger partial charge in [-0.2, -0.15) is 8.78 Å². The van der Waals surface area contributed by atoms with Crippen LogP contribution in [0.5, 0.6) is 5.75 Å². The van der Waals surface area contributed by atoms with Crippen LogP contribution in [0.3, 0.4) is 0 Å². The van der Waals surface area contributed by atoms with Crippen LogP contribution < -0.4 is 10.1 Å². The van der Waals surface area contributed by atoms with Crippen LogP contribution in [0.25, 0.3) is 11.5 Å². The van der Waals surface area contributed by atoms with E-state index in [9.17, 15) is 18.4 Å². The van der Waals surface area contributed by atoms with Gasteiger partial charge in [0, 0.05) is 5.56 Å². The van der Waals surface area contributed by atoms with Crippen molar-refractivity contribution in [1.29, 1.82) is 0 Å². The fourth-order valence-corrected chi connectivity index (χ4v) is 2.44. The molecule has 150 valence electrons. The summed E-state index contributed by atoms with van der Waals surface area (Å²) in [4.78, 5) is 28.4. The average Bonchev–Trinajstić information content (AvgIpc) is 3.10. The summed E-state index contributed by atoms with van der Waals surface area (Å²) < 4.78 is 39.6. The van der Waals surface area contributed by atoms with Crippen molar-refractivity contribution in [1.82, 2.24) is 4.98 Å². The highest BCUT2D eigenvalue weighted by Crippen LogP contribution is 2.25. The molecule has 0 radical (unpaired) electrons. The fraction of sp³-hybridized carbons (Fsp3) is 0.150. The molecule has 3 rings (SSSR count). The molecule has 0 saturated carbocycles. The van der Waals surface area contributed by atoms with Gasteiger partial charge in [0.25, 0.3) is 5.91 Å². The van der Waals surface area contributed by atoms with Crippen LogP contribution in [-0.4, -0.2) is 30.1 Å². The first-order chi connectivity index (χ1) is 13.9. The maximum Gasteiger partial charge on any atom is 0.387 e. The number of rotatable bonds is 7. The predicted octanol–water partition coefficient (Wildman–Crippen LogP) is 4.05. The zero-order chi connectivity index (χ0) is 20.8. The Bertz CT molecular complexity index is 1010. The molecule has 0 atom stereocenters. The highest BCUT2D eigenvalue weighted by molar-refractivity contribution is 5.96. The summed E-state index contributed by atoms with van der Waals surface area (Å²) >= 11 is 0. The topological polar surface area (TPSA) is 90.7 Å². The highest BCUT2D eigenvalue weighted by atomic mass is 19.3. The van der Waals surface area contributed by atoms with Gasteiger partial charge in [0.1, 0.15) is 11.5 Å². The monoisotopic (exact) mass is 402 g/mol. The van der Waals surface area contributed by atoms with E-state index in [4.69, 9.17) is 9.15 Å². The lowest BCUT2D eigenvalue weighted by atomic mass is 10.2. The lowest BCUT2D eigenvalue weighted by molar-refractivity contribution is -0.119. The number of benzene rings is 2. The van der Waals surface area contributed by atoms with E-state index in [1.807, 2.05) is 6.07 Å². The SMILES string of the molecule is Cc1oc(-c2ccccc2)nc1C(=O)OCC(=O)Nc1ccccc1OC(F)F. The van der Waals surface area contributed by atoms with E-state index in [-0.39, 0.29) is 28.8 Å². The Hall–Kier alpha value is -3.75. The summed E-state index contributed by atoms with van der Waals surface area (Å²) in [6, 6.07) is 14.6. The van der Waals surface area contributed by atoms with E-state index in [1.165, 1.54) is 24.3 Å². The molecule has 0 fully saturated rings. The molecule has 1 aromatic heterocycles. The van der Waals surface area contributed by atoms with E-state index in [1.54, 1.807) is 31.2 Å². The van der Waals surface area contributed by atoms with Crippen LogP contribution in [0.15, 0.2) is 59.0 Å². The molecule has 0 aliphatic heterocycles. The van der Waals surface area contributed by atoms with Gasteiger partial charge in [-0.05, 0) is 31.2 Å². The third-order valence-corrected chi connectivity index (χ3v) is 3.72. The molecule has 0 aliphatic rings. The number of aryl methyl sites for hydroxylation is 1. The van der Waals surface area contributed by atoms with Crippen LogP contribution in [0, 0.1) is 6.92 Å². The molecular weight excluding hydrogens is 386 g/mol. The van der Waals surface area contributed by atoms with Crippen LogP contribution >= 0.6 is 0 Å². The van der Waals surface area contributed by atoms with Gasteiger partial charge in [0.05, 0.1) is 5.69 Å². The predicted molar refractivity (Wildman–Crippen MR) is 98.7 cm³/mol. The Morgan fingerprint density at radius 1 is 1.10 bits per heavy atom. The van der Waals surface area contributed by atoms with Crippen LogP contribution in [0.1, 0.15) is 16.2 Å². The number of nitrogens with one attached hydrogen (secondary N) is 1. The van der Waals surface area contributed by atoms with Gasteiger partial charge in [-0.15, -0.1) is 0 Å². The minimum atomic E-state index is -3.04. The van der Waals surface area contributed by atoms with E-state index in [0.717, 1.165) is 0 Å². The van der Waals surface area contributed by atoms with Crippen molar-refractivity contribution in [2.24, 2.45) is 0 Å². The number of carbonyl (C=O) groups excluding carboxylic acids is 2. The third kappa shape index (κ3) is 5.16. The zero-order valence-corrected chi connectivity index (χ0v) is 15.2. The van der Waals surface area contributed by atoms with Crippen molar-refractivity contribution < 1.29 is 32.3 Å². The second-order valence-corrected chi connectivity index (χ2v) is 5.79. The number of oxazole rings is 1. The molecule has 1 amide bonds. The number of esters is 1. The van der Waals surface area contributed by atoms with Gasteiger partial charge >= 0.3 is 12.6 Å². The largest absolute Gasteiger partial charge is 0.451 e. The number of nitrogens with zero attached hydrogens (tertiary/aromatic N) is 1. The number of carbonyl (C=O) groups is 2. The minimum Gasteiger partial charge on any atom is -0.451 e. The van der Waals surface area contributed by atoms with Gasteiger partial charge in [-0.25, -0.2) is 9.78 Å². The van der Waals surface area contributed by atoms with Crippen LogP contribution in [0.2, 0.25) is 0 Å². The van der Waals surface area contributed by atoms with Crippen LogP contribution in [-0.2, 0) is 9.53 Å². The van der Waals surface area contributed by atoms with Gasteiger partial charge in [0.2, 0.25) is 5.89 Å². The first-order valence-electron chi connectivity index (χ1n) is 8.47. The van der Waals surface area contributed by atoms with Crippen LogP contribution in [0.4, 0.5) is 14.5 Å². The van der Waals surface area contributed by atoms with Crippen molar-refractivity contribution in [3.05, 3.63) is 66.1 Å². The lowest BCUT2D eigenvalue weighted by Crippen LogP contribution is -2.22. The quantitative estimate of drug-likeness (QED) is 0.600. The minimum absolute atomic E-state index is 0.0258. The number of amides is 1. The Balaban J connectivity index is 1.61. The summed E-state index contributed by atoms with van der Waals surface area (Å²) in [6.45, 7) is -2.14. The second-order valence-electron chi connectivity index (χ2n) is 5.79. The number of anilines is 1. The molecule has 1 N–H and O–H groups in total. The number of halogens is 2. The number of para-hydroxylation sites is 2. The molecule has 9 heteroatoms. The van der Waals surface area contributed by atoms with Crippen molar-refractivity contribution in [2.45, 2.75) is 13.5 Å². The molecular formula is C20H16F2N2O5. The van der Waals surface area contributed by atoms with Gasteiger partial charge in [0.15, 0.2) is 12.3 Å². The Labute approximate surface area is 164 Å². The molecule has 2 aromatic carbocycles. The van der Waals surface area contributed by atoms with E-state index in [2.05, 4.69) is 15.0 Å². The van der Waals surface area contributed by atoms with Gasteiger partial charge < -0.3 is 19.2 Å². The molecule has 0 unspecified atom stereocenters. The molecule has 0 aliphatic carbocycles. The summed E-state index contributed by atoms with van der Waals surface area (Å²) in [5.74, 6) is -1.29. The van der Waals surface area contributed by atoms with Crippen molar-refractivity contribution >= 4 is 17.6 Å². The first kappa shape index (κ1) is 20.0. The molecule has 0 spiro atoms. The summed E-state index contributed by atoms with van der Waals surface area (Å²) in [6.07, 6.45) is 0. The first-order valence-corrected chi connectivity index (χ1v) is 8.47. The number of aromatic nitrogens is 1. The van der Waals surface area contributed by atoms with Crippen molar-refractivity contribution in [3.8, 4) is 17.2 Å². The third-order valence-electron chi connectivity index (χ3n) is 3.72. The van der Waals surface area contributed by atoms with E-state index >= 15 is 0 Å². The molecule has 0 saturated heterocycles. The van der Waals surface area contributed by atoms with Crippen molar-refractivity contribution in [2.75, 3.05) is 11.9 Å². The standard InChI is InChI=1S/C20H16F2N2O5/c1-12-17(24-18(28-12)13-7-3-2-4-8-13)19(26)27-11-16(25)23-14-9-5-6-10-15(14)29-20(21)22/h2-10,20H,11H2,1H3,(H,23,25). The molecule has 1 heterocycles. The number of hydrogen-bond acceptors (Lipinski definition) is 6. The maximum atomic E-state index is 12.4. The summed E-state index contributed by atoms with van der Waals surface area (Å²) in [5.41, 5.74) is 0.652. The summed E-state index contributed by atoms with van der Waals surface area (Å²) in [5, 5.41) is 2.35. The van der Waals surface area contributed by atoms with Crippen molar-refractivity contribution in [3.63, 3.8) is 0 Å². The Morgan fingerprint density at radius 3 is 2.52 bits per heavy atom. The van der Waals surface area contributed by atoms with Gasteiger partial charge in [-0.3, -0.25) is 4.79 Å². The normalized spacial score (nSPS) is 10.6. The molecule has 29 heavy (non-hydrogen) atoms. The summed E-state index contributed by atoms with van der Waals surface area (Å²) in [7, 11) is 0. The number of ether oxygens (including phenoxy) is 2. The molecule has 3 aromatic rings. The zero-order valence-electron chi connectivity index (χ0n) is 15.2. The Morgan fingerprint density at radius 2 is 1.79 bits per heavy atom. The lowest BCUT2D eigenvalue weighted by Gasteiger charge is -2.11. The Kier molecular flexibility index (Phi) is 6.18. The van der Waals surface area contributed by atoms with Gasteiger partial charge in [-0.1, -0.05) is 30.3 Å². The maximum absolute atomic E-state index is 12.4. The van der Waals surface area contributed by atoms with E-state index < -0.39 is 25.1 Å². The smallest absolute Gasteiger partial charge is 0.387 e. The number of alkyl halides is 2. The fourth-order valence-electron chi connectivity index (χ4n) is 2.44. The average molecular weight is 402 g/mol. The second kappa shape index (κ2) is 8.96. The molecule has 7 nitrogen and oxygen atoms in total.